The van der Waals surface area contributed by atoms with Crippen LogP contribution in [-0.4, -0.2) is 36.9 Å². The Morgan fingerprint density at radius 1 is 1.38 bits per heavy atom. The summed E-state index contributed by atoms with van der Waals surface area (Å²) in [5.74, 6) is -0.0412. The molecule has 1 rings (SSSR count). The summed E-state index contributed by atoms with van der Waals surface area (Å²) in [4.78, 5) is 11.6. The first-order chi connectivity index (χ1) is 7.66. The molecule has 0 aromatic carbocycles. The molecule has 4 heteroatoms. The van der Waals surface area contributed by atoms with Gasteiger partial charge in [-0.15, -0.1) is 0 Å². The highest BCUT2D eigenvalue weighted by atomic mass is 16.5. The predicted molar refractivity (Wildman–Crippen MR) is 62.2 cm³/mol. The average Bonchev–Trinajstić information content (AvgIpc) is 2.25. The minimum atomic E-state index is -0.746. The molecule has 94 valence electrons. The van der Waals surface area contributed by atoms with Crippen molar-refractivity contribution in [2.75, 3.05) is 20.3 Å². The molecule has 0 bridgehead atoms. The van der Waals surface area contributed by atoms with E-state index in [2.05, 4.69) is 5.32 Å². The zero-order chi connectivity index (χ0) is 11.9. The van der Waals surface area contributed by atoms with Gasteiger partial charge in [0.2, 0.25) is 5.91 Å². The zero-order valence-corrected chi connectivity index (χ0v) is 10.1. The summed E-state index contributed by atoms with van der Waals surface area (Å²) in [5.41, 5.74) is -0.746. The van der Waals surface area contributed by atoms with Gasteiger partial charge in [-0.2, -0.15) is 0 Å². The van der Waals surface area contributed by atoms with Crippen LogP contribution in [0, 0.1) is 0 Å². The van der Waals surface area contributed by atoms with Gasteiger partial charge in [-0.3, -0.25) is 4.79 Å². The smallest absolute Gasteiger partial charge is 0.222 e. The quantitative estimate of drug-likeness (QED) is 0.673. The zero-order valence-electron chi connectivity index (χ0n) is 10.1. The first-order valence-corrected chi connectivity index (χ1v) is 6.14. The monoisotopic (exact) mass is 229 g/mol. The Bertz CT molecular complexity index is 212. The lowest BCUT2D eigenvalue weighted by Gasteiger charge is -2.31. The van der Waals surface area contributed by atoms with Gasteiger partial charge in [-0.1, -0.05) is 19.3 Å². The van der Waals surface area contributed by atoms with Gasteiger partial charge in [0.25, 0.3) is 0 Å². The summed E-state index contributed by atoms with van der Waals surface area (Å²) in [6.07, 6.45) is 5.84. The van der Waals surface area contributed by atoms with E-state index in [-0.39, 0.29) is 12.3 Å². The minimum absolute atomic E-state index is 0.0412. The van der Waals surface area contributed by atoms with Gasteiger partial charge in [0.15, 0.2) is 0 Å². The number of ether oxygens (including phenoxy) is 1. The van der Waals surface area contributed by atoms with Gasteiger partial charge in [-0.25, -0.2) is 0 Å². The van der Waals surface area contributed by atoms with Crippen LogP contribution in [0.4, 0.5) is 0 Å². The van der Waals surface area contributed by atoms with Crippen LogP contribution in [0.25, 0.3) is 0 Å². The second-order valence-electron chi connectivity index (χ2n) is 4.66. The average molecular weight is 229 g/mol. The van der Waals surface area contributed by atoms with E-state index >= 15 is 0 Å². The predicted octanol–water partition coefficient (Wildman–Crippen LogP) is 1.22. The van der Waals surface area contributed by atoms with Crippen LogP contribution in [0.15, 0.2) is 0 Å². The number of carbonyl (C=O) groups is 1. The Hall–Kier alpha value is -0.610. The molecule has 1 aliphatic carbocycles. The van der Waals surface area contributed by atoms with Crippen molar-refractivity contribution < 1.29 is 14.6 Å². The summed E-state index contributed by atoms with van der Waals surface area (Å²) >= 11 is 0. The van der Waals surface area contributed by atoms with Crippen LogP contribution in [0.2, 0.25) is 0 Å². The molecule has 1 aliphatic rings. The fourth-order valence-electron chi connectivity index (χ4n) is 2.19. The maximum Gasteiger partial charge on any atom is 0.222 e. The standard InChI is InChI=1S/C12H23NO3/c1-16-9-5-8-13-11(14)10-12(15)6-3-2-4-7-12/h15H,2-10H2,1H3,(H,13,14). The molecule has 1 amide bonds. The molecule has 0 aromatic heterocycles. The topological polar surface area (TPSA) is 58.6 Å². The molecule has 1 saturated carbocycles. The molecule has 0 spiro atoms. The van der Waals surface area contributed by atoms with Gasteiger partial charge in [0, 0.05) is 20.3 Å². The molecule has 0 radical (unpaired) electrons. The van der Waals surface area contributed by atoms with Gasteiger partial charge in [0.1, 0.15) is 0 Å². The lowest BCUT2D eigenvalue weighted by Crippen LogP contribution is -2.38. The van der Waals surface area contributed by atoms with Gasteiger partial charge < -0.3 is 15.2 Å². The highest BCUT2D eigenvalue weighted by Crippen LogP contribution is 2.30. The first-order valence-electron chi connectivity index (χ1n) is 6.14. The van der Waals surface area contributed by atoms with Crippen molar-refractivity contribution >= 4 is 5.91 Å². The third-order valence-electron chi connectivity index (χ3n) is 3.12. The molecule has 16 heavy (non-hydrogen) atoms. The fourth-order valence-corrected chi connectivity index (χ4v) is 2.19. The number of amides is 1. The van der Waals surface area contributed by atoms with Crippen LogP contribution in [0.1, 0.15) is 44.9 Å². The first kappa shape index (κ1) is 13.5. The van der Waals surface area contributed by atoms with Crippen molar-refractivity contribution in [2.24, 2.45) is 0 Å². The number of methoxy groups -OCH3 is 1. The number of rotatable bonds is 6. The Morgan fingerprint density at radius 2 is 2.06 bits per heavy atom. The van der Waals surface area contributed by atoms with Crippen molar-refractivity contribution in [3.8, 4) is 0 Å². The normalized spacial score (nSPS) is 19.4. The van der Waals surface area contributed by atoms with Crippen molar-refractivity contribution in [3.63, 3.8) is 0 Å². The van der Waals surface area contributed by atoms with Crippen LogP contribution in [0.5, 0.6) is 0 Å². The van der Waals surface area contributed by atoms with Gasteiger partial charge >= 0.3 is 0 Å². The minimum Gasteiger partial charge on any atom is -0.389 e. The molecular weight excluding hydrogens is 206 g/mol. The number of nitrogens with one attached hydrogen (secondary N) is 1. The largest absolute Gasteiger partial charge is 0.389 e. The van der Waals surface area contributed by atoms with Crippen molar-refractivity contribution in [1.82, 2.24) is 5.32 Å². The second kappa shape index (κ2) is 6.86. The molecule has 0 saturated heterocycles. The van der Waals surface area contributed by atoms with E-state index in [4.69, 9.17) is 4.74 Å². The Balaban J connectivity index is 2.17. The lowest BCUT2D eigenvalue weighted by molar-refractivity contribution is -0.127. The van der Waals surface area contributed by atoms with Crippen molar-refractivity contribution in [1.29, 1.82) is 0 Å². The number of aliphatic hydroxyl groups is 1. The van der Waals surface area contributed by atoms with E-state index in [1.807, 2.05) is 0 Å². The van der Waals surface area contributed by atoms with E-state index in [0.29, 0.717) is 13.2 Å². The summed E-state index contributed by atoms with van der Waals surface area (Å²) in [7, 11) is 1.65. The Morgan fingerprint density at radius 3 is 2.69 bits per heavy atom. The van der Waals surface area contributed by atoms with E-state index in [0.717, 1.165) is 32.1 Å². The molecule has 0 aromatic rings. The maximum atomic E-state index is 11.6. The van der Waals surface area contributed by atoms with Crippen LogP contribution < -0.4 is 5.32 Å². The van der Waals surface area contributed by atoms with Crippen molar-refractivity contribution in [2.45, 2.75) is 50.5 Å². The molecule has 2 N–H and O–H groups in total. The van der Waals surface area contributed by atoms with E-state index in [9.17, 15) is 9.90 Å². The highest BCUT2D eigenvalue weighted by Gasteiger charge is 2.31. The summed E-state index contributed by atoms with van der Waals surface area (Å²) in [6, 6.07) is 0. The summed E-state index contributed by atoms with van der Waals surface area (Å²) < 4.78 is 4.89. The fraction of sp³-hybridized carbons (Fsp3) is 0.917. The van der Waals surface area contributed by atoms with Gasteiger partial charge in [0.05, 0.1) is 12.0 Å². The maximum absolute atomic E-state index is 11.6. The number of hydrogen-bond acceptors (Lipinski definition) is 3. The lowest BCUT2D eigenvalue weighted by atomic mass is 9.82. The molecular formula is C12H23NO3. The van der Waals surface area contributed by atoms with Crippen LogP contribution >= 0.6 is 0 Å². The van der Waals surface area contributed by atoms with E-state index in [1.54, 1.807) is 7.11 Å². The molecule has 4 nitrogen and oxygen atoms in total. The Kier molecular flexibility index (Phi) is 5.77. The summed E-state index contributed by atoms with van der Waals surface area (Å²) in [5, 5.41) is 13.0. The molecule has 0 atom stereocenters. The second-order valence-corrected chi connectivity index (χ2v) is 4.66. The molecule has 1 fully saturated rings. The number of carbonyl (C=O) groups excluding carboxylic acids is 1. The van der Waals surface area contributed by atoms with E-state index in [1.165, 1.54) is 6.42 Å². The summed E-state index contributed by atoms with van der Waals surface area (Å²) in [6.45, 7) is 1.29. The Labute approximate surface area is 97.4 Å². The van der Waals surface area contributed by atoms with Gasteiger partial charge in [-0.05, 0) is 19.3 Å². The van der Waals surface area contributed by atoms with E-state index < -0.39 is 5.60 Å². The molecule has 0 unspecified atom stereocenters. The SMILES string of the molecule is COCCCNC(=O)CC1(O)CCCCC1. The molecule has 0 heterocycles. The number of hydrogen-bond donors (Lipinski definition) is 2. The van der Waals surface area contributed by atoms with Crippen LogP contribution in [0.3, 0.4) is 0 Å². The third-order valence-corrected chi connectivity index (χ3v) is 3.12. The highest BCUT2D eigenvalue weighted by molar-refractivity contribution is 5.76. The van der Waals surface area contributed by atoms with Crippen molar-refractivity contribution in [3.05, 3.63) is 0 Å². The third kappa shape index (κ3) is 4.94. The van der Waals surface area contributed by atoms with Crippen LogP contribution in [-0.2, 0) is 9.53 Å². The molecule has 0 aliphatic heterocycles.